The molecular weight excluding hydrogens is 246 g/mol. The third-order valence-corrected chi connectivity index (χ3v) is 3.55. The first-order valence-electron chi connectivity index (χ1n) is 7.13. The van der Waals surface area contributed by atoms with E-state index in [1.54, 1.807) is 0 Å². The maximum atomic E-state index is 5.75. The molecule has 0 bridgehead atoms. The van der Waals surface area contributed by atoms with Crippen LogP contribution in [0.2, 0.25) is 0 Å². The Kier molecular flexibility index (Phi) is 4.88. The van der Waals surface area contributed by atoms with Gasteiger partial charge in [-0.2, -0.15) is 0 Å². The Morgan fingerprint density at radius 1 is 1.20 bits per heavy atom. The van der Waals surface area contributed by atoms with E-state index in [4.69, 9.17) is 5.84 Å². The van der Waals surface area contributed by atoms with Crippen LogP contribution < -0.4 is 11.3 Å². The number of pyridine rings is 1. The molecule has 1 aromatic carbocycles. The second-order valence-corrected chi connectivity index (χ2v) is 5.31. The van der Waals surface area contributed by atoms with Gasteiger partial charge >= 0.3 is 0 Å². The minimum absolute atomic E-state index is 0.0636. The number of nitrogens with one attached hydrogen (secondary N) is 1. The largest absolute Gasteiger partial charge is 0.271 e. The molecule has 0 amide bonds. The summed E-state index contributed by atoms with van der Waals surface area (Å²) in [4.78, 5) is 4.54. The van der Waals surface area contributed by atoms with Crippen molar-refractivity contribution in [2.45, 2.75) is 39.7 Å². The van der Waals surface area contributed by atoms with Gasteiger partial charge in [0.05, 0.1) is 11.7 Å². The predicted octanol–water partition coefficient (Wildman–Crippen LogP) is 3.20. The Morgan fingerprint density at radius 2 is 1.90 bits per heavy atom. The Labute approximate surface area is 121 Å². The molecule has 0 aliphatic rings. The SMILES string of the molecule is CCCc1ccc(C(NN)c2ncc(C)cc2C)cc1. The molecule has 20 heavy (non-hydrogen) atoms. The number of aryl methyl sites for hydroxylation is 3. The van der Waals surface area contributed by atoms with Gasteiger partial charge in [-0.15, -0.1) is 0 Å². The van der Waals surface area contributed by atoms with Gasteiger partial charge < -0.3 is 0 Å². The van der Waals surface area contributed by atoms with Crippen LogP contribution in [0.1, 0.15) is 47.3 Å². The maximum absolute atomic E-state index is 5.75. The Morgan fingerprint density at radius 3 is 2.45 bits per heavy atom. The summed E-state index contributed by atoms with van der Waals surface area (Å²) in [7, 11) is 0. The standard InChI is InChI=1S/C17H23N3/c1-4-5-14-6-8-15(9-7-14)17(20-18)16-13(3)10-12(2)11-19-16/h6-11,17,20H,4-5,18H2,1-3H3. The van der Waals surface area contributed by atoms with Crippen LogP contribution in [0.15, 0.2) is 36.5 Å². The molecular formula is C17H23N3. The Balaban J connectivity index is 2.31. The van der Waals surface area contributed by atoms with Gasteiger partial charge in [-0.25, -0.2) is 5.43 Å². The maximum Gasteiger partial charge on any atom is 0.0884 e. The van der Waals surface area contributed by atoms with Crippen molar-refractivity contribution < 1.29 is 0 Å². The van der Waals surface area contributed by atoms with Crippen LogP contribution >= 0.6 is 0 Å². The summed E-state index contributed by atoms with van der Waals surface area (Å²) in [6.07, 6.45) is 4.16. The summed E-state index contributed by atoms with van der Waals surface area (Å²) >= 11 is 0. The highest BCUT2D eigenvalue weighted by Gasteiger charge is 2.16. The smallest absolute Gasteiger partial charge is 0.0884 e. The van der Waals surface area contributed by atoms with E-state index in [1.807, 2.05) is 13.1 Å². The van der Waals surface area contributed by atoms with Crippen LogP contribution in [-0.4, -0.2) is 4.98 Å². The van der Waals surface area contributed by atoms with E-state index >= 15 is 0 Å². The minimum Gasteiger partial charge on any atom is -0.271 e. The fourth-order valence-electron chi connectivity index (χ4n) is 2.53. The fourth-order valence-corrected chi connectivity index (χ4v) is 2.53. The summed E-state index contributed by atoms with van der Waals surface area (Å²) in [5.74, 6) is 5.75. The van der Waals surface area contributed by atoms with E-state index in [-0.39, 0.29) is 6.04 Å². The highest BCUT2D eigenvalue weighted by molar-refractivity contribution is 5.35. The molecule has 2 rings (SSSR count). The molecule has 0 fully saturated rings. The van der Waals surface area contributed by atoms with Crippen molar-refractivity contribution in [3.05, 3.63) is 64.5 Å². The molecule has 3 nitrogen and oxygen atoms in total. The van der Waals surface area contributed by atoms with E-state index in [9.17, 15) is 0 Å². The molecule has 2 aromatic rings. The van der Waals surface area contributed by atoms with Crippen LogP contribution in [0.3, 0.4) is 0 Å². The molecule has 0 aliphatic carbocycles. The molecule has 1 aromatic heterocycles. The zero-order chi connectivity index (χ0) is 14.5. The molecule has 106 valence electrons. The van der Waals surface area contributed by atoms with Gasteiger partial charge in [0.2, 0.25) is 0 Å². The molecule has 3 N–H and O–H groups in total. The van der Waals surface area contributed by atoms with Gasteiger partial charge in [-0.3, -0.25) is 10.8 Å². The molecule has 1 heterocycles. The first-order chi connectivity index (χ1) is 9.65. The molecule has 0 saturated carbocycles. The second-order valence-electron chi connectivity index (χ2n) is 5.31. The highest BCUT2D eigenvalue weighted by Crippen LogP contribution is 2.23. The lowest BCUT2D eigenvalue weighted by atomic mass is 9.98. The van der Waals surface area contributed by atoms with Crippen molar-refractivity contribution in [2.75, 3.05) is 0 Å². The third-order valence-electron chi connectivity index (χ3n) is 3.55. The first kappa shape index (κ1) is 14.7. The lowest BCUT2D eigenvalue weighted by Crippen LogP contribution is -2.30. The fraction of sp³-hybridized carbons (Fsp3) is 0.353. The molecule has 1 unspecified atom stereocenters. The number of hydrogen-bond donors (Lipinski definition) is 2. The summed E-state index contributed by atoms with van der Waals surface area (Å²) in [6, 6.07) is 10.7. The molecule has 3 heteroatoms. The van der Waals surface area contributed by atoms with Crippen molar-refractivity contribution >= 4 is 0 Å². The van der Waals surface area contributed by atoms with Gasteiger partial charge in [0.1, 0.15) is 0 Å². The summed E-state index contributed by atoms with van der Waals surface area (Å²) in [5.41, 5.74) is 8.70. The van der Waals surface area contributed by atoms with Crippen LogP contribution in [0.4, 0.5) is 0 Å². The van der Waals surface area contributed by atoms with Crippen molar-refractivity contribution in [1.29, 1.82) is 0 Å². The predicted molar refractivity (Wildman–Crippen MR) is 83.3 cm³/mol. The number of hydrazine groups is 1. The van der Waals surface area contributed by atoms with E-state index in [1.165, 1.54) is 11.1 Å². The van der Waals surface area contributed by atoms with Crippen molar-refractivity contribution in [2.24, 2.45) is 5.84 Å². The number of benzene rings is 1. The van der Waals surface area contributed by atoms with Crippen LogP contribution in [-0.2, 0) is 6.42 Å². The van der Waals surface area contributed by atoms with Crippen LogP contribution in [0, 0.1) is 13.8 Å². The van der Waals surface area contributed by atoms with Gasteiger partial charge in [0, 0.05) is 6.20 Å². The Bertz CT molecular complexity index is 561. The van der Waals surface area contributed by atoms with E-state index in [0.717, 1.165) is 29.7 Å². The number of aromatic nitrogens is 1. The monoisotopic (exact) mass is 269 g/mol. The molecule has 0 radical (unpaired) electrons. The summed E-state index contributed by atoms with van der Waals surface area (Å²) in [6.45, 7) is 6.32. The van der Waals surface area contributed by atoms with Gasteiger partial charge in [0.15, 0.2) is 0 Å². The highest BCUT2D eigenvalue weighted by atomic mass is 15.2. The average molecular weight is 269 g/mol. The molecule has 1 atom stereocenters. The van der Waals surface area contributed by atoms with Gasteiger partial charge in [-0.05, 0) is 42.5 Å². The normalized spacial score (nSPS) is 12.4. The first-order valence-corrected chi connectivity index (χ1v) is 7.13. The number of hydrogen-bond acceptors (Lipinski definition) is 3. The Hall–Kier alpha value is -1.71. The van der Waals surface area contributed by atoms with Gasteiger partial charge in [0.25, 0.3) is 0 Å². The molecule has 0 saturated heterocycles. The van der Waals surface area contributed by atoms with Crippen molar-refractivity contribution in [3.8, 4) is 0 Å². The van der Waals surface area contributed by atoms with Gasteiger partial charge in [-0.1, -0.05) is 43.7 Å². The number of rotatable bonds is 5. The molecule has 0 aliphatic heterocycles. The molecule has 0 spiro atoms. The topological polar surface area (TPSA) is 50.9 Å². The zero-order valence-electron chi connectivity index (χ0n) is 12.5. The average Bonchev–Trinajstić information content (AvgIpc) is 2.44. The second kappa shape index (κ2) is 6.64. The number of nitrogens with zero attached hydrogens (tertiary/aromatic N) is 1. The van der Waals surface area contributed by atoms with E-state index < -0.39 is 0 Å². The van der Waals surface area contributed by atoms with Crippen molar-refractivity contribution in [1.82, 2.24) is 10.4 Å². The lowest BCUT2D eigenvalue weighted by molar-refractivity contribution is 0.616. The van der Waals surface area contributed by atoms with E-state index in [0.29, 0.717) is 0 Å². The third kappa shape index (κ3) is 3.24. The lowest BCUT2D eigenvalue weighted by Gasteiger charge is -2.18. The minimum atomic E-state index is -0.0636. The quantitative estimate of drug-likeness (QED) is 0.647. The summed E-state index contributed by atoms with van der Waals surface area (Å²) in [5, 5.41) is 0. The van der Waals surface area contributed by atoms with Crippen molar-refractivity contribution in [3.63, 3.8) is 0 Å². The number of nitrogens with two attached hydrogens (primary N) is 1. The summed E-state index contributed by atoms with van der Waals surface area (Å²) < 4.78 is 0. The van der Waals surface area contributed by atoms with E-state index in [2.05, 4.69) is 54.6 Å². The zero-order valence-corrected chi connectivity index (χ0v) is 12.5. The van der Waals surface area contributed by atoms with Crippen LogP contribution in [0.25, 0.3) is 0 Å². The van der Waals surface area contributed by atoms with Crippen LogP contribution in [0.5, 0.6) is 0 Å².